The summed E-state index contributed by atoms with van der Waals surface area (Å²) in [5, 5.41) is 9.87. The molecule has 1 aliphatic heterocycles. The second-order valence-electron chi connectivity index (χ2n) is 5.66. The van der Waals surface area contributed by atoms with Crippen LogP contribution in [0.2, 0.25) is 10.0 Å². The summed E-state index contributed by atoms with van der Waals surface area (Å²) in [6.45, 7) is 1.23. The minimum Gasteiger partial charge on any atom is -0.481 e. The van der Waals surface area contributed by atoms with Gasteiger partial charge in [0.05, 0.1) is 22.2 Å². The van der Waals surface area contributed by atoms with Crippen LogP contribution in [-0.4, -0.2) is 34.1 Å². The molecule has 8 heteroatoms. The second kappa shape index (κ2) is 6.83. The predicted molar refractivity (Wildman–Crippen MR) is 94.5 cm³/mol. The first kappa shape index (κ1) is 16.8. The van der Waals surface area contributed by atoms with E-state index in [0.29, 0.717) is 53.1 Å². The highest BCUT2D eigenvalue weighted by atomic mass is 35.5. The van der Waals surface area contributed by atoms with E-state index in [2.05, 4.69) is 9.97 Å². The molecular weight excluding hydrogens is 351 g/mol. The molecule has 2 heterocycles. The summed E-state index contributed by atoms with van der Waals surface area (Å²) in [7, 11) is 0. The third kappa shape index (κ3) is 3.25. The maximum atomic E-state index is 11.0. The van der Waals surface area contributed by atoms with Crippen molar-refractivity contribution in [3.05, 3.63) is 34.4 Å². The normalized spacial score (nSPS) is 15.5. The number of nitrogen functional groups attached to an aromatic ring is 1. The van der Waals surface area contributed by atoms with Crippen molar-refractivity contribution in [2.75, 3.05) is 23.7 Å². The summed E-state index contributed by atoms with van der Waals surface area (Å²) >= 11 is 12.2. The van der Waals surface area contributed by atoms with Gasteiger partial charge in [-0.25, -0.2) is 9.97 Å². The number of aliphatic carboxylic acids is 1. The average Bonchev–Trinajstić information content (AvgIpc) is 2.58. The fourth-order valence-corrected chi connectivity index (χ4v) is 3.19. The Morgan fingerprint density at radius 3 is 2.62 bits per heavy atom. The van der Waals surface area contributed by atoms with Crippen molar-refractivity contribution >= 4 is 40.8 Å². The molecule has 3 N–H and O–H groups in total. The molecule has 0 bridgehead atoms. The van der Waals surface area contributed by atoms with Gasteiger partial charge in [0.15, 0.2) is 5.82 Å². The standard InChI is InChI=1S/C16H16Cl2N4O2/c17-11-3-1-2-10(13(11)18)14-15(19)21-12(8-20-14)22-6-4-9(5-7-22)16(23)24/h1-3,8-9H,4-7H2,(H2,19,21)(H,23,24). The summed E-state index contributed by atoms with van der Waals surface area (Å²) in [5.74, 6) is -0.141. The van der Waals surface area contributed by atoms with Crippen LogP contribution in [0, 0.1) is 5.92 Å². The number of carbonyl (C=O) groups is 1. The molecule has 1 aliphatic rings. The molecule has 3 rings (SSSR count). The number of carboxylic acid groups (broad SMARTS) is 1. The fraction of sp³-hybridized carbons (Fsp3) is 0.312. The highest BCUT2D eigenvalue weighted by Crippen LogP contribution is 2.35. The topological polar surface area (TPSA) is 92.3 Å². The lowest BCUT2D eigenvalue weighted by atomic mass is 9.97. The molecule has 126 valence electrons. The Morgan fingerprint density at radius 1 is 1.29 bits per heavy atom. The van der Waals surface area contributed by atoms with Crippen LogP contribution in [0.15, 0.2) is 24.4 Å². The van der Waals surface area contributed by atoms with Crippen LogP contribution in [-0.2, 0) is 4.79 Å². The molecule has 1 aromatic carbocycles. The molecule has 0 radical (unpaired) electrons. The van der Waals surface area contributed by atoms with Crippen molar-refractivity contribution in [3.8, 4) is 11.3 Å². The van der Waals surface area contributed by atoms with Crippen molar-refractivity contribution in [3.63, 3.8) is 0 Å². The number of nitrogens with zero attached hydrogens (tertiary/aromatic N) is 3. The zero-order chi connectivity index (χ0) is 17.3. The lowest BCUT2D eigenvalue weighted by Gasteiger charge is -2.30. The smallest absolute Gasteiger partial charge is 0.306 e. The Kier molecular flexibility index (Phi) is 4.78. The Balaban J connectivity index is 1.83. The Morgan fingerprint density at radius 2 is 2.00 bits per heavy atom. The van der Waals surface area contributed by atoms with Gasteiger partial charge in [0.1, 0.15) is 11.5 Å². The number of hydrogen-bond acceptors (Lipinski definition) is 5. The van der Waals surface area contributed by atoms with Crippen LogP contribution in [0.25, 0.3) is 11.3 Å². The highest BCUT2D eigenvalue weighted by Gasteiger charge is 2.25. The minimum atomic E-state index is -0.744. The highest BCUT2D eigenvalue weighted by molar-refractivity contribution is 6.43. The van der Waals surface area contributed by atoms with Crippen molar-refractivity contribution in [2.24, 2.45) is 5.92 Å². The third-order valence-electron chi connectivity index (χ3n) is 4.16. The van der Waals surface area contributed by atoms with Crippen LogP contribution in [0.1, 0.15) is 12.8 Å². The predicted octanol–water partition coefficient (Wildman–Crippen LogP) is 3.33. The van der Waals surface area contributed by atoms with E-state index in [0.717, 1.165) is 0 Å². The van der Waals surface area contributed by atoms with Gasteiger partial charge in [-0.2, -0.15) is 0 Å². The van der Waals surface area contributed by atoms with E-state index in [4.69, 9.17) is 34.0 Å². The Labute approximate surface area is 149 Å². The quantitative estimate of drug-likeness (QED) is 0.865. The number of carboxylic acids is 1. The molecule has 2 aromatic rings. The van der Waals surface area contributed by atoms with Crippen LogP contribution in [0.3, 0.4) is 0 Å². The van der Waals surface area contributed by atoms with Crippen molar-refractivity contribution in [1.29, 1.82) is 0 Å². The summed E-state index contributed by atoms with van der Waals surface area (Å²) in [5.41, 5.74) is 7.17. The number of aromatic nitrogens is 2. The zero-order valence-corrected chi connectivity index (χ0v) is 14.3. The Hall–Kier alpha value is -2.05. The van der Waals surface area contributed by atoms with E-state index < -0.39 is 5.97 Å². The maximum Gasteiger partial charge on any atom is 0.306 e. The molecule has 0 unspecified atom stereocenters. The number of hydrogen-bond donors (Lipinski definition) is 2. The fourth-order valence-electron chi connectivity index (χ4n) is 2.80. The molecule has 1 saturated heterocycles. The summed E-state index contributed by atoms with van der Waals surface area (Å²) in [6.07, 6.45) is 2.79. The van der Waals surface area contributed by atoms with Crippen molar-refractivity contribution in [2.45, 2.75) is 12.8 Å². The first-order chi connectivity index (χ1) is 11.5. The largest absolute Gasteiger partial charge is 0.481 e. The number of rotatable bonds is 3. The molecule has 0 atom stereocenters. The molecular formula is C16H16Cl2N4O2. The van der Waals surface area contributed by atoms with Gasteiger partial charge in [-0.15, -0.1) is 0 Å². The van der Waals surface area contributed by atoms with Gasteiger partial charge in [-0.05, 0) is 18.9 Å². The zero-order valence-electron chi connectivity index (χ0n) is 12.7. The number of nitrogens with two attached hydrogens (primary N) is 1. The van der Waals surface area contributed by atoms with Crippen LogP contribution < -0.4 is 10.6 Å². The van der Waals surface area contributed by atoms with E-state index in [1.54, 1.807) is 24.4 Å². The van der Waals surface area contributed by atoms with Gasteiger partial charge in [-0.1, -0.05) is 35.3 Å². The SMILES string of the molecule is Nc1nc(N2CCC(C(=O)O)CC2)cnc1-c1cccc(Cl)c1Cl. The Bertz CT molecular complexity index is 777. The molecule has 0 aliphatic carbocycles. The van der Waals surface area contributed by atoms with Gasteiger partial charge >= 0.3 is 5.97 Å². The van der Waals surface area contributed by atoms with Gasteiger partial charge in [0.25, 0.3) is 0 Å². The van der Waals surface area contributed by atoms with E-state index in [1.807, 2.05) is 4.90 Å². The molecule has 0 amide bonds. The van der Waals surface area contributed by atoms with E-state index >= 15 is 0 Å². The van der Waals surface area contributed by atoms with Crippen molar-refractivity contribution < 1.29 is 9.90 Å². The monoisotopic (exact) mass is 366 g/mol. The molecule has 1 aromatic heterocycles. The lowest BCUT2D eigenvalue weighted by molar-refractivity contribution is -0.142. The van der Waals surface area contributed by atoms with E-state index in [9.17, 15) is 4.79 Å². The number of halogens is 2. The van der Waals surface area contributed by atoms with Gasteiger partial charge < -0.3 is 15.7 Å². The summed E-state index contributed by atoms with van der Waals surface area (Å²) in [6, 6.07) is 5.25. The summed E-state index contributed by atoms with van der Waals surface area (Å²) in [4.78, 5) is 21.8. The first-order valence-corrected chi connectivity index (χ1v) is 8.27. The van der Waals surface area contributed by atoms with Gasteiger partial charge in [0.2, 0.25) is 0 Å². The molecule has 0 saturated carbocycles. The van der Waals surface area contributed by atoms with Gasteiger partial charge in [0, 0.05) is 18.7 Å². The van der Waals surface area contributed by atoms with Gasteiger partial charge in [-0.3, -0.25) is 4.79 Å². The van der Waals surface area contributed by atoms with E-state index in [-0.39, 0.29) is 11.7 Å². The number of piperidine rings is 1. The molecule has 0 spiro atoms. The first-order valence-electron chi connectivity index (χ1n) is 7.52. The van der Waals surface area contributed by atoms with Crippen LogP contribution >= 0.6 is 23.2 Å². The number of anilines is 2. The average molecular weight is 367 g/mol. The number of benzene rings is 1. The van der Waals surface area contributed by atoms with Crippen LogP contribution in [0.4, 0.5) is 11.6 Å². The molecule has 1 fully saturated rings. The molecule has 6 nitrogen and oxygen atoms in total. The van der Waals surface area contributed by atoms with Crippen LogP contribution in [0.5, 0.6) is 0 Å². The third-order valence-corrected chi connectivity index (χ3v) is 4.98. The maximum absolute atomic E-state index is 11.0. The summed E-state index contributed by atoms with van der Waals surface area (Å²) < 4.78 is 0. The minimum absolute atomic E-state index is 0.261. The van der Waals surface area contributed by atoms with E-state index in [1.165, 1.54) is 0 Å². The molecule has 24 heavy (non-hydrogen) atoms. The second-order valence-corrected chi connectivity index (χ2v) is 6.45. The lowest BCUT2D eigenvalue weighted by Crippen LogP contribution is -2.36. The van der Waals surface area contributed by atoms with Crippen molar-refractivity contribution in [1.82, 2.24) is 9.97 Å².